The summed E-state index contributed by atoms with van der Waals surface area (Å²) in [5.74, 6) is 0.780. The SMILES string of the molecule is CCCCCCC.Cc1ccc(-c2ncccn2)cc1. The van der Waals surface area contributed by atoms with Crippen molar-refractivity contribution >= 4 is 0 Å². The van der Waals surface area contributed by atoms with E-state index in [0.717, 1.165) is 11.4 Å². The lowest BCUT2D eigenvalue weighted by atomic mass is 10.1. The van der Waals surface area contributed by atoms with Crippen molar-refractivity contribution in [1.29, 1.82) is 0 Å². The van der Waals surface area contributed by atoms with Crippen LogP contribution in [0.15, 0.2) is 42.7 Å². The van der Waals surface area contributed by atoms with Crippen LogP contribution in [0.3, 0.4) is 0 Å². The van der Waals surface area contributed by atoms with Gasteiger partial charge in [-0.15, -0.1) is 0 Å². The molecule has 108 valence electrons. The molecule has 1 aromatic carbocycles. The van der Waals surface area contributed by atoms with Gasteiger partial charge in [0, 0.05) is 18.0 Å². The third-order valence-electron chi connectivity index (χ3n) is 3.08. The Kier molecular flexibility index (Phi) is 8.28. The maximum atomic E-state index is 4.17. The second-order valence-electron chi connectivity index (χ2n) is 5.00. The molecule has 0 radical (unpaired) electrons. The largest absolute Gasteiger partial charge is 0.237 e. The minimum Gasteiger partial charge on any atom is -0.237 e. The second kappa shape index (κ2) is 10.1. The Balaban J connectivity index is 0.000000246. The van der Waals surface area contributed by atoms with Gasteiger partial charge in [-0.3, -0.25) is 0 Å². The highest BCUT2D eigenvalue weighted by molar-refractivity contribution is 5.54. The lowest BCUT2D eigenvalue weighted by Gasteiger charge is -1.98. The summed E-state index contributed by atoms with van der Waals surface area (Å²) < 4.78 is 0. The summed E-state index contributed by atoms with van der Waals surface area (Å²) in [7, 11) is 0. The summed E-state index contributed by atoms with van der Waals surface area (Å²) in [6.07, 6.45) is 10.5. The molecule has 2 nitrogen and oxygen atoms in total. The van der Waals surface area contributed by atoms with Gasteiger partial charge in [-0.1, -0.05) is 75.8 Å². The minimum atomic E-state index is 0.780. The van der Waals surface area contributed by atoms with E-state index in [9.17, 15) is 0 Å². The first-order valence-corrected chi connectivity index (χ1v) is 7.62. The molecule has 0 spiro atoms. The van der Waals surface area contributed by atoms with E-state index in [4.69, 9.17) is 0 Å². The van der Waals surface area contributed by atoms with Gasteiger partial charge in [0.15, 0.2) is 5.82 Å². The lowest BCUT2D eigenvalue weighted by molar-refractivity contribution is 0.656. The molecule has 1 heterocycles. The second-order valence-corrected chi connectivity index (χ2v) is 5.00. The molecular weight excluding hydrogens is 244 g/mol. The molecule has 0 unspecified atom stereocenters. The predicted octanol–water partition coefficient (Wildman–Crippen LogP) is 5.43. The van der Waals surface area contributed by atoms with Crippen LogP contribution in [0.5, 0.6) is 0 Å². The van der Waals surface area contributed by atoms with E-state index < -0.39 is 0 Å². The first kappa shape index (κ1) is 16.4. The van der Waals surface area contributed by atoms with Crippen molar-refractivity contribution in [2.75, 3.05) is 0 Å². The normalized spacial score (nSPS) is 9.75. The van der Waals surface area contributed by atoms with Crippen LogP contribution >= 0.6 is 0 Å². The molecule has 0 amide bonds. The molecule has 0 N–H and O–H groups in total. The number of hydrogen-bond acceptors (Lipinski definition) is 2. The highest BCUT2D eigenvalue weighted by atomic mass is 14.8. The molecular formula is C18H26N2. The Morgan fingerprint density at radius 3 is 1.85 bits per heavy atom. The van der Waals surface area contributed by atoms with Gasteiger partial charge in [-0.05, 0) is 13.0 Å². The fraction of sp³-hybridized carbons (Fsp3) is 0.444. The van der Waals surface area contributed by atoms with Gasteiger partial charge in [-0.2, -0.15) is 0 Å². The van der Waals surface area contributed by atoms with Gasteiger partial charge in [0.05, 0.1) is 0 Å². The highest BCUT2D eigenvalue weighted by Gasteiger charge is 1.97. The molecule has 0 aliphatic heterocycles. The summed E-state index contributed by atoms with van der Waals surface area (Å²) in [5, 5.41) is 0. The van der Waals surface area contributed by atoms with Crippen molar-refractivity contribution in [3.8, 4) is 11.4 Å². The first-order valence-electron chi connectivity index (χ1n) is 7.62. The van der Waals surface area contributed by atoms with Crippen LogP contribution in [0.1, 0.15) is 51.5 Å². The fourth-order valence-corrected chi connectivity index (χ4v) is 1.83. The van der Waals surface area contributed by atoms with Crippen molar-refractivity contribution < 1.29 is 0 Å². The molecule has 20 heavy (non-hydrogen) atoms. The Morgan fingerprint density at radius 1 is 0.800 bits per heavy atom. The number of rotatable bonds is 5. The summed E-state index contributed by atoms with van der Waals surface area (Å²) in [6.45, 7) is 6.56. The van der Waals surface area contributed by atoms with Crippen LogP contribution in [0.4, 0.5) is 0 Å². The zero-order chi connectivity index (χ0) is 14.6. The van der Waals surface area contributed by atoms with Gasteiger partial charge in [0.25, 0.3) is 0 Å². The number of unbranched alkanes of at least 4 members (excludes halogenated alkanes) is 4. The predicted molar refractivity (Wildman–Crippen MR) is 86.6 cm³/mol. The van der Waals surface area contributed by atoms with E-state index in [0.29, 0.717) is 0 Å². The maximum Gasteiger partial charge on any atom is 0.159 e. The Hall–Kier alpha value is -1.70. The topological polar surface area (TPSA) is 25.8 Å². The lowest BCUT2D eigenvalue weighted by Crippen LogP contribution is -1.85. The number of aryl methyl sites for hydroxylation is 1. The quantitative estimate of drug-likeness (QED) is 0.677. The van der Waals surface area contributed by atoms with E-state index in [2.05, 4.69) is 42.9 Å². The summed E-state index contributed by atoms with van der Waals surface area (Å²) in [5.41, 5.74) is 2.31. The van der Waals surface area contributed by atoms with Gasteiger partial charge >= 0.3 is 0 Å². The molecule has 2 heteroatoms. The number of nitrogens with zero attached hydrogens (tertiary/aromatic N) is 2. The average molecular weight is 270 g/mol. The van der Waals surface area contributed by atoms with Gasteiger partial charge in [0.2, 0.25) is 0 Å². The number of benzene rings is 1. The van der Waals surface area contributed by atoms with Crippen molar-refractivity contribution in [2.24, 2.45) is 0 Å². The van der Waals surface area contributed by atoms with E-state index in [1.807, 2.05) is 18.2 Å². The summed E-state index contributed by atoms with van der Waals surface area (Å²) in [4.78, 5) is 8.34. The van der Waals surface area contributed by atoms with E-state index in [1.54, 1.807) is 12.4 Å². The molecule has 0 atom stereocenters. The number of hydrogen-bond donors (Lipinski definition) is 0. The van der Waals surface area contributed by atoms with Crippen molar-refractivity contribution in [2.45, 2.75) is 52.9 Å². The first-order chi connectivity index (χ1) is 9.77. The monoisotopic (exact) mass is 270 g/mol. The fourth-order valence-electron chi connectivity index (χ4n) is 1.83. The molecule has 0 bridgehead atoms. The van der Waals surface area contributed by atoms with Crippen molar-refractivity contribution in [1.82, 2.24) is 9.97 Å². The van der Waals surface area contributed by atoms with Crippen LogP contribution in [0.2, 0.25) is 0 Å². The third-order valence-corrected chi connectivity index (χ3v) is 3.08. The molecule has 2 aromatic rings. The average Bonchev–Trinajstić information content (AvgIpc) is 2.50. The molecule has 1 aromatic heterocycles. The van der Waals surface area contributed by atoms with Gasteiger partial charge < -0.3 is 0 Å². The third kappa shape index (κ3) is 6.46. The zero-order valence-corrected chi connectivity index (χ0v) is 13.0. The van der Waals surface area contributed by atoms with Gasteiger partial charge in [-0.25, -0.2) is 9.97 Å². The smallest absolute Gasteiger partial charge is 0.159 e. The maximum absolute atomic E-state index is 4.17. The Morgan fingerprint density at radius 2 is 1.35 bits per heavy atom. The Bertz CT molecular complexity index is 445. The molecule has 0 saturated carbocycles. The zero-order valence-electron chi connectivity index (χ0n) is 13.0. The molecule has 0 aliphatic rings. The summed E-state index contributed by atoms with van der Waals surface area (Å²) >= 11 is 0. The van der Waals surface area contributed by atoms with Crippen LogP contribution in [0, 0.1) is 6.92 Å². The van der Waals surface area contributed by atoms with E-state index >= 15 is 0 Å². The molecule has 0 aliphatic carbocycles. The van der Waals surface area contributed by atoms with Crippen LogP contribution in [0.25, 0.3) is 11.4 Å². The van der Waals surface area contributed by atoms with Crippen molar-refractivity contribution in [3.63, 3.8) is 0 Å². The highest BCUT2D eigenvalue weighted by Crippen LogP contribution is 2.13. The van der Waals surface area contributed by atoms with Crippen LogP contribution in [-0.4, -0.2) is 9.97 Å². The van der Waals surface area contributed by atoms with Crippen LogP contribution < -0.4 is 0 Å². The van der Waals surface area contributed by atoms with E-state index in [-0.39, 0.29) is 0 Å². The number of aromatic nitrogens is 2. The van der Waals surface area contributed by atoms with Gasteiger partial charge in [0.1, 0.15) is 0 Å². The van der Waals surface area contributed by atoms with Crippen molar-refractivity contribution in [3.05, 3.63) is 48.3 Å². The minimum absolute atomic E-state index is 0.780. The Labute approximate surface area is 123 Å². The standard InChI is InChI=1S/C11H10N2.C7H16/c1-9-3-5-10(6-4-9)11-12-7-2-8-13-11;1-3-5-7-6-4-2/h2-8H,1H3;3-7H2,1-2H3. The van der Waals surface area contributed by atoms with Crippen LogP contribution in [-0.2, 0) is 0 Å². The molecule has 0 saturated heterocycles. The molecule has 2 rings (SSSR count). The van der Waals surface area contributed by atoms with E-state index in [1.165, 1.54) is 37.7 Å². The molecule has 0 fully saturated rings. The summed E-state index contributed by atoms with van der Waals surface area (Å²) in [6, 6.07) is 10.0.